The summed E-state index contributed by atoms with van der Waals surface area (Å²) in [6.45, 7) is 1.04. The topological polar surface area (TPSA) is 103 Å². The molecular weight excluding hydrogens is 378 g/mol. The monoisotopic (exact) mass is 405 g/mol. The van der Waals surface area contributed by atoms with E-state index in [9.17, 15) is 14.7 Å². The van der Waals surface area contributed by atoms with E-state index in [0.717, 1.165) is 29.8 Å². The standard InChI is InChI=1S/C21H27NO7/c1-26-19(24)10-14-9-16-15-8-13(22-21(25)12-4-6-27-7-5-12)2-3-17(15)29-20(16)18(11-23)28-14/h2-3,8,12,14,16,18,20,23H,4-7,9-11H2,1H3,(H,22,25)/t14-,16-,18+,20+/m0/s1. The highest BCUT2D eigenvalue weighted by Crippen LogP contribution is 2.47. The zero-order chi connectivity index (χ0) is 20.4. The summed E-state index contributed by atoms with van der Waals surface area (Å²) in [5.41, 5.74) is 1.69. The third kappa shape index (κ3) is 4.24. The van der Waals surface area contributed by atoms with E-state index in [1.165, 1.54) is 7.11 Å². The Kier molecular flexibility index (Phi) is 6.03. The zero-order valence-electron chi connectivity index (χ0n) is 16.5. The first-order chi connectivity index (χ1) is 14.1. The van der Waals surface area contributed by atoms with Gasteiger partial charge in [-0.25, -0.2) is 0 Å². The van der Waals surface area contributed by atoms with Gasteiger partial charge >= 0.3 is 5.97 Å². The van der Waals surface area contributed by atoms with Crippen molar-refractivity contribution >= 4 is 17.6 Å². The number of hydrogen-bond acceptors (Lipinski definition) is 7. The second kappa shape index (κ2) is 8.69. The lowest BCUT2D eigenvalue weighted by molar-refractivity contribution is -0.156. The number of rotatable bonds is 5. The molecule has 0 aliphatic carbocycles. The molecule has 3 heterocycles. The third-order valence-corrected chi connectivity index (χ3v) is 5.98. The summed E-state index contributed by atoms with van der Waals surface area (Å²) in [5.74, 6) is 0.330. The Morgan fingerprint density at radius 2 is 2.07 bits per heavy atom. The van der Waals surface area contributed by atoms with Crippen molar-refractivity contribution in [3.63, 3.8) is 0 Å². The largest absolute Gasteiger partial charge is 0.487 e. The van der Waals surface area contributed by atoms with Crippen molar-refractivity contribution in [2.24, 2.45) is 5.92 Å². The highest BCUT2D eigenvalue weighted by Gasteiger charge is 2.46. The molecule has 8 heteroatoms. The molecule has 0 aromatic heterocycles. The molecule has 2 fully saturated rings. The molecule has 2 saturated heterocycles. The summed E-state index contributed by atoms with van der Waals surface area (Å²) >= 11 is 0. The molecule has 1 aromatic carbocycles. The Bertz CT molecular complexity index is 761. The molecule has 29 heavy (non-hydrogen) atoms. The number of fused-ring (bicyclic) bond motifs is 3. The molecule has 3 aliphatic rings. The molecule has 158 valence electrons. The number of carbonyl (C=O) groups is 2. The smallest absolute Gasteiger partial charge is 0.308 e. The Labute approximate surface area is 169 Å². The molecule has 0 bridgehead atoms. The minimum atomic E-state index is -0.518. The number of aliphatic hydroxyl groups is 1. The Hall–Kier alpha value is -2.16. The molecule has 1 aromatic rings. The maximum absolute atomic E-state index is 12.6. The van der Waals surface area contributed by atoms with E-state index in [2.05, 4.69) is 5.32 Å². The number of carbonyl (C=O) groups excluding carboxylic acids is 2. The fourth-order valence-corrected chi connectivity index (χ4v) is 4.44. The summed E-state index contributed by atoms with van der Waals surface area (Å²) in [4.78, 5) is 24.2. The number of ether oxygens (including phenoxy) is 4. The highest BCUT2D eigenvalue weighted by atomic mass is 16.6. The molecule has 0 radical (unpaired) electrons. The fraction of sp³-hybridized carbons (Fsp3) is 0.619. The van der Waals surface area contributed by atoms with Crippen molar-refractivity contribution in [1.82, 2.24) is 0 Å². The quantitative estimate of drug-likeness (QED) is 0.718. The van der Waals surface area contributed by atoms with Crippen LogP contribution in [0.5, 0.6) is 5.75 Å². The van der Waals surface area contributed by atoms with Crippen LogP contribution in [0.25, 0.3) is 0 Å². The Balaban J connectivity index is 1.50. The van der Waals surface area contributed by atoms with Gasteiger partial charge in [0.1, 0.15) is 18.0 Å². The summed E-state index contributed by atoms with van der Waals surface area (Å²) < 4.78 is 22.0. The van der Waals surface area contributed by atoms with Gasteiger partial charge in [0.2, 0.25) is 5.91 Å². The number of amides is 1. The molecular formula is C21H27NO7. The Morgan fingerprint density at radius 3 is 2.79 bits per heavy atom. The number of methoxy groups -OCH3 is 1. The third-order valence-electron chi connectivity index (χ3n) is 5.98. The van der Waals surface area contributed by atoms with E-state index in [0.29, 0.717) is 19.6 Å². The minimum Gasteiger partial charge on any atom is -0.487 e. The predicted octanol–water partition coefficient (Wildman–Crippen LogP) is 1.61. The van der Waals surface area contributed by atoms with E-state index in [1.807, 2.05) is 18.2 Å². The average molecular weight is 405 g/mol. The molecule has 8 nitrogen and oxygen atoms in total. The minimum absolute atomic E-state index is 0.00694. The van der Waals surface area contributed by atoms with Gasteiger partial charge in [-0.05, 0) is 37.5 Å². The maximum Gasteiger partial charge on any atom is 0.308 e. The molecule has 3 aliphatic heterocycles. The van der Waals surface area contributed by atoms with Crippen molar-refractivity contribution in [3.05, 3.63) is 23.8 Å². The lowest BCUT2D eigenvalue weighted by Crippen LogP contribution is -2.46. The lowest BCUT2D eigenvalue weighted by atomic mass is 9.84. The van der Waals surface area contributed by atoms with Crippen molar-refractivity contribution in [2.45, 2.75) is 49.9 Å². The number of esters is 1. The highest BCUT2D eigenvalue weighted by molar-refractivity contribution is 5.92. The SMILES string of the molecule is COC(=O)C[C@@H]1C[C@H]2c3cc(NC(=O)C4CCOCC4)ccc3O[C@H]2[C@@H](CO)O1. The van der Waals surface area contributed by atoms with Crippen molar-refractivity contribution < 1.29 is 33.6 Å². The molecule has 0 saturated carbocycles. The van der Waals surface area contributed by atoms with Gasteiger partial charge in [0.25, 0.3) is 0 Å². The molecule has 4 atom stereocenters. The van der Waals surface area contributed by atoms with Crippen LogP contribution in [-0.2, 0) is 23.8 Å². The van der Waals surface area contributed by atoms with E-state index in [-0.39, 0.29) is 48.9 Å². The zero-order valence-corrected chi connectivity index (χ0v) is 16.5. The number of aliphatic hydroxyl groups excluding tert-OH is 1. The molecule has 2 N–H and O–H groups in total. The van der Waals surface area contributed by atoms with Crippen LogP contribution in [0.2, 0.25) is 0 Å². The first-order valence-corrected chi connectivity index (χ1v) is 10.1. The second-order valence-electron chi connectivity index (χ2n) is 7.81. The molecule has 0 spiro atoms. The maximum atomic E-state index is 12.6. The fourth-order valence-electron chi connectivity index (χ4n) is 4.44. The predicted molar refractivity (Wildman–Crippen MR) is 103 cm³/mol. The summed E-state index contributed by atoms with van der Waals surface area (Å²) in [6.07, 6.45) is 0.995. The molecule has 1 amide bonds. The van der Waals surface area contributed by atoms with Crippen LogP contribution >= 0.6 is 0 Å². The van der Waals surface area contributed by atoms with Gasteiger partial charge in [0.05, 0.1) is 26.2 Å². The summed E-state index contributed by atoms with van der Waals surface area (Å²) in [7, 11) is 1.35. The summed E-state index contributed by atoms with van der Waals surface area (Å²) in [6, 6.07) is 5.61. The number of benzene rings is 1. The second-order valence-corrected chi connectivity index (χ2v) is 7.81. The first kappa shape index (κ1) is 20.1. The number of hydrogen-bond donors (Lipinski definition) is 2. The van der Waals surface area contributed by atoms with E-state index in [1.54, 1.807) is 0 Å². The van der Waals surface area contributed by atoms with Gasteiger partial charge in [0, 0.05) is 36.3 Å². The molecule has 0 unspecified atom stereocenters. The van der Waals surface area contributed by atoms with E-state index >= 15 is 0 Å². The number of anilines is 1. The van der Waals surface area contributed by atoms with Crippen LogP contribution < -0.4 is 10.1 Å². The van der Waals surface area contributed by atoms with Crippen LogP contribution in [0.1, 0.15) is 37.2 Å². The van der Waals surface area contributed by atoms with Crippen molar-refractivity contribution in [1.29, 1.82) is 0 Å². The van der Waals surface area contributed by atoms with Crippen LogP contribution in [0, 0.1) is 5.92 Å². The average Bonchev–Trinajstić information content (AvgIpc) is 3.11. The van der Waals surface area contributed by atoms with Crippen molar-refractivity contribution in [2.75, 3.05) is 32.2 Å². The lowest BCUT2D eigenvalue weighted by Gasteiger charge is -2.36. The van der Waals surface area contributed by atoms with Gasteiger partial charge in [-0.15, -0.1) is 0 Å². The van der Waals surface area contributed by atoms with Crippen LogP contribution in [-0.4, -0.2) is 62.2 Å². The van der Waals surface area contributed by atoms with E-state index in [4.69, 9.17) is 18.9 Å². The Morgan fingerprint density at radius 1 is 1.28 bits per heavy atom. The summed E-state index contributed by atoms with van der Waals surface area (Å²) in [5, 5.41) is 12.8. The van der Waals surface area contributed by atoms with Gasteiger partial charge in [-0.2, -0.15) is 0 Å². The first-order valence-electron chi connectivity index (χ1n) is 10.1. The normalized spacial score (nSPS) is 28.8. The number of nitrogens with one attached hydrogen (secondary N) is 1. The van der Waals surface area contributed by atoms with Crippen LogP contribution in [0.3, 0.4) is 0 Å². The van der Waals surface area contributed by atoms with Crippen molar-refractivity contribution in [3.8, 4) is 5.75 Å². The van der Waals surface area contributed by atoms with Crippen LogP contribution in [0.15, 0.2) is 18.2 Å². The van der Waals surface area contributed by atoms with Gasteiger partial charge < -0.3 is 29.4 Å². The van der Waals surface area contributed by atoms with Crippen LogP contribution in [0.4, 0.5) is 5.69 Å². The van der Waals surface area contributed by atoms with Gasteiger partial charge in [0.15, 0.2) is 0 Å². The van der Waals surface area contributed by atoms with Gasteiger partial charge in [-0.1, -0.05) is 0 Å². The molecule has 4 rings (SSSR count). The van der Waals surface area contributed by atoms with E-state index < -0.39 is 6.10 Å². The van der Waals surface area contributed by atoms with Gasteiger partial charge in [-0.3, -0.25) is 9.59 Å².